The van der Waals surface area contributed by atoms with Gasteiger partial charge in [0.15, 0.2) is 17.8 Å². The van der Waals surface area contributed by atoms with Crippen LogP contribution in [-0.4, -0.2) is 104 Å². The van der Waals surface area contributed by atoms with E-state index < -0.39 is 79.7 Å². The van der Waals surface area contributed by atoms with E-state index in [0.717, 1.165) is 6.07 Å². The summed E-state index contributed by atoms with van der Waals surface area (Å²) in [6.07, 6.45) is -10.9. The number of rotatable bonds is 6. The van der Waals surface area contributed by atoms with Gasteiger partial charge in [0.2, 0.25) is 6.29 Å². The monoisotopic (exact) mass is 486 g/mol. The lowest BCUT2D eigenvalue weighted by Crippen LogP contribution is -2.62. The van der Waals surface area contributed by atoms with Crippen LogP contribution in [0.25, 0.3) is 11.0 Å². The van der Waals surface area contributed by atoms with E-state index in [1.807, 2.05) is 0 Å². The standard InChI is InChI=1S/C21H26O13/c1-8-2-10(24)14-11(25)3-9(4-12(14)31-8)32-19-17(16(27)15(26)13(5-22)33-19)34-20-18(28)21(29,6-23)7-30-20/h2-4,13,15-20,22-23,25-29H,5-7H2,1H3. The lowest BCUT2D eigenvalue weighted by Gasteiger charge is -2.42. The van der Waals surface area contributed by atoms with Crippen molar-refractivity contribution < 1.29 is 59.1 Å². The summed E-state index contributed by atoms with van der Waals surface area (Å²) in [4.78, 5) is 12.2. The van der Waals surface area contributed by atoms with Crippen molar-refractivity contribution in [2.75, 3.05) is 19.8 Å². The predicted octanol–water partition coefficient (Wildman–Crippen LogP) is -2.55. The van der Waals surface area contributed by atoms with Crippen LogP contribution in [0.1, 0.15) is 5.76 Å². The smallest absolute Gasteiger partial charge is 0.229 e. The highest BCUT2D eigenvalue weighted by atomic mass is 16.8. The quantitative estimate of drug-likeness (QED) is 0.225. The van der Waals surface area contributed by atoms with Gasteiger partial charge in [-0.1, -0.05) is 0 Å². The first-order valence-corrected chi connectivity index (χ1v) is 10.4. The lowest BCUT2D eigenvalue weighted by atomic mass is 9.98. The number of phenolic OH excluding ortho intramolecular Hbond substituents is 1. The molecule has 2 aromatic rings. The molecule has 0 amide bonds. The van der Waals surface area contributed by atoms with Gasteiger partial charge in [-0.2, -0.15) is 0 Å². The Bertz CT molecular complexity index is 1090. The molecule has 2 aliphatic heterocycles. The van der Waals surface area contributed by atoms with Crippen LogP contribution in [0.4, 0.5) is 0 Å². The summed E-state index contributed by atoms with van der Waals surface area (Å²) in [5, 5.41) is 70.4. The van der Waals surface area contributed by atoms with Crippen molar-refractivity contribution in [2.24, 2.45) is 0 Å². The van der Waals surface area contributed by atoms with E-state index in [4.69, 9.17) is 23.4 Å². The molecule has 3 heterocycles. The van der Waals surface area contributed by atoms with Gasteiger partial charge >= 0.3 is 0 Å². The Balaban J connectivity index is 1.64. The average Bonchev–Trinajstić information content (AvgIpc) is 3.06. The summed E-state index contributed by atoms with van der Waals surface area (Å²) >= 11 is 0. The third-order valence-electron chi connectivity index (χ3n) is 5.85. The number of ether oxygens (including phenoxy) is 4. The first kappa shape index (κ1) is 24.8. The number of phenols is 1. The van der Waals surface area contributed by atoms with Crippen molar-refractivity contribution in [1.29, 1.82) is 0 Å². The molecule has 2 saturated heterocycles. The first-order valence-electron chi connectivity index (χ1n) is 10.4. The van der Waals surface area contributed by atoms with E-state index in [1.54, 1.807) is 6.92 Å². The molecule has 2 aliphatic rings. The third-order valence-corrected chi connectivity index (χ3v) is 5.85. The minimum atomic E-state index is -2.01. The van der Waals surface area contributed by atoms with Gasteiger partial charge in [0.05, 0.1) is 19.8 Å². The van der Waals surface area contributed by atoms with Crippen LogP contribution >= 0.6 is 0 Å². The molecule has 0 aliphatic carbocycles. The van der Waals surface area contributed by atoms with Gasteiger partial charge in [-0.15, -0.1) is 0 Å². The zero-order chi connectivity index (χ0) is 24.8. The molecule has 13 heteroatoms. The van der Waals surface area contributed by atoms with Gasteiger partial charge < -0.3 is 59.1 Å². The fraction of sp³-hybridized carbons (Fsp3) is 0.571. The van der Waals surface area contributed by atoms with Gasteiger partial charge in [-0.05, 0) is 6.92 Å². The molecule has 8 atom stereocenters. The Morgan fingerprint density at radius 2 is 1.85 bits per heavy atom. The SMILES string of the molecule is Cc1cc(=O)c2c(O)cc(OC3OC(CO)C(O)C(O)C3OC3OCC(O)(CO)C3O)cc2o1. The van der Waals surface area contributed by atoms with E-state index in [0.29, 0.717) is 0 Å². The van der Waals surface area contributed by atoms with Crippen LogP contribution in [0.5, 0.6) is 11.5 Å². The Labute approximate surface area is 191 Å². The van der Waals surface area contributed by atoms with E-state index in [1.165, 1.54) is 12.1 Å². The second kappa shape index (κ2) is 9.37. The van der Waals surface area contributed by atoms with Crippen molar-refractivity contribution in [3.05, 3.63) is 34.2 Å². The van der Waals surface area contributed by atoms with Crippen LogP contribution in [0, 0.1) is 6.92 Å². The molecule has 1 aromatic heterocycles. The summed E-state index contributed by atoms with van der Waals surface area (Å²) in [5.74, 6) is -0.236. The largest absolute Gasteiger partial charge is 0.507 e. The molecule has 1 aromatic carbocycles. The van der Waals surface area contributed by atoms with Gasteiger partial charge in [0.25, 0.3) is 0 Å². The van der Waals surface area contributed by atoms with Crippen LogP contribution < -0.4 is 10.2 Å². The molecular weight excluding hydrogens is 460 g/mol. The molecule has 0 saturated carbocycles. The molecule has 188 valence electrons. The van der Waals surface area contributed by atoms with Crippen molar-refractivity contribution in [3.8, 4) is 11.5 Å². The number of aliphatic hydroxyl groups excluding tert-OH is 5. The molecule has 2 fully saturated rings. The number of hydrogen-bond acceptors (Lipinski definition) is 13. The van der Waals surface area contributed by atoms with Gasteiger partial charge in [0, 0.05) is 18.2 Å². The summed E-state index contributed by atoms with van der Waals surface area (Å²) < 4.78 is 27.5. The van der Waals surface area contributed by atoms with Gasteiger partial charge in [0.1, 0.15) is 58.2 Å². The van der Waals surface area contributed by atoms with Crippen molar-refractivity contribution in [2.45, 2.75) is 55.6 Å². The number of aromatic hydroxyl groups is 1. The molecule has 13 nitrogen and oxygen atoms in total. The number of hydrogen-bond donors (Lipinski definition) is 7. The molecule has 7 N–H and O–H groups in total. The fourth-order valence-corrected chi connectivity index (χ4v) is 3.93. The third kappa shape index (κ3) is 4.37. The fourth-order valence-electron chi connectivity index (χ4n) is 3.93. The molecule has 4 rings (SSSR count). The second-order valence-corrected chi connectivity index (χ2v) is 8.35. The molecule has 8 unspecified atom stereocenters. The Kier molecular flexibility index (Phi) is 6.83. The number of fused-ring (bicyclic) bond motifs is 1. The maximum absolute atomic E-state index is 12.2. The number of aryl methyl sites for hydroxylation is 1. The Hall–Kier alpha value is -2.33. The highest BCUT2D eigenvalue weighted by molar-refractivity contribution is 5.84. The maximum Gasteiger partial charge on any atom is 0.229 e. The minimum Gasteiger partial charge on any atom is -0.507 e. The van der Waals surface area contributed by atoms with E-state index in [-0.39, 0.29) is 22.5 Å². The minimum absolute atomic E-state index is 0.00938. The highest BCUT2D eigenvalue weighted by Crippen LogP contribution is 2.34. The Morgan fingerprint density at radius 3 is 2.50 bits per heavy atom. The van der Waals surface area contributed by atoms with E-state index in [2.05, 4.69) is 0 Å². The zero-order valence-electron chi connectivity index (χ0n) is 18.0. The van der Waals surface area contributed by atoms with Crippen molar-refractivity contribution in [1.82, 2.24) is 0 Å². The van der Waals surface area contributed by atoms with E-state index in [9.17, 15) is 40.5 Å². The number of benzene rings is 1. The molecule has 0 radical (unpaired) electrons. The average molecular weight is 486 g/mol. The Morgan fingerprint density at radius 1 is 1.12 bits per heavy atom. The summed E-state index contributed by atoms with van der Waals surface area (Å²) in [7, 11) is 0. The van der Waals surface area contributed by atoms with Crippen LogP contribution in [0.2, 0.25) is 0 Å². The molecule has 0 bridgehead atoms. The molecular formula is C21H26O13. The summed E-state index contributed by atoms with van der Waals surface area (Å²) in [6, 6.07) is 3.60. The zero-order valence-corrected chi connectivity index (χ0v) is 18.0. The van der Waals surface area contributed by atoms with Crippen LogP contribution in [0.3, 0.4) is 0 Å². The highest BCUT2D eigenvalue weighted by Gasteiger charge is 2.53. The van der Waals surface area contributed by atoms with Crippen molar-refractivity contribution in [3.63, 3.8) is 0 Å². The summed E-state index contributed by atoms with van der Waals surface area (Å²) in [6.45, 7) is -0.435. The van der Waals surface area contributed by atoms with Gasteiger partial charge in [-0.3, -0.25) is 4.79 Å². The lowest BCUT2D eigenvalue weighted by molar-refractivity contribution is -0.318. The van der Waals surface area contributed by atoms with Crippen LogP contribution in [0.15, 0.2) is 27.4 Å². The first-order chi connectivity index (χ1) is 16.1. The predicted molar refractivity (Wildman–Crippen MR) is 110 cm³/mol. The number of aliphatic hydroxyl groups is 6. The normalized spacial score (nSPS) is 36.1. The summed E-state index contributed by atoms with van der Waals surface area (Å²) in [5.41, 5.74) is -2.47. The molecule has 34 heavy (non-hydrogen) atoms. The van der Waals surface area contributed by atoms with Crippen molar-refractivity contribution >= 4 is 11.0 Å². The van der Waals surface area contributed by atoms with E-state index >= 15 is 0 Å². The van der Waals surface area contributed by atoms with Crippen LogP contribution in [-0.2, 0) is 14.2 Å². The second-order valence-electron chi connectivity index (χ2n) is 8.35. The maximum atomic E-state index is 12.2. The topological polar surface area (TPSA) is 209 Å². The van der Waals surface area contributed by atoms with Gasteiger partial charge in [-0.25, -0.2) is 0 Å². The molecule has 0 spiro atoms.